The first kappa shape index (κ1) is 22.2. The normalized spacial score (nSPS) is 21.1. The molecule has 0 bridgehead atoms. The van der Waals surface area contributed by atoms with E-state index in [1.165, 1.54) is 8.61 Å². The number of benzene rings is 1. The lowest BCUT2D eigenvalue weighted by Gasteiger charge is -2.36. The van der Waals surface area contributed by atoms with Crippen LogP contribution < -0.4 is 0 Å². The Kier molecular flexibility index (Phi) is 6.70. The molecular weight excluding hydrogens is 412 g/mol. The van der Waals surface area contributed by atoms with Crippen molar-refractivity contribution >= 4 is 21.8 Å². The van der Waals surface area contributed by atoms with E-state index in [1.54, 1.807) is 7.05 Å². The molecule has 1 aromatic heterocycles. The van der Waals surface area contributed by atoms with Gasteiger partial charge in [-0.25, -0.2) is 0 Å². The second-order valence-electron chi connectivity index (χ2n) is 7.74. The van der Waals surface area contributed by atoms with Gasteiger partial charge in [0, 0.05) is 43.0 Å². The van der Waals surface area contributed by atoms with Crippen LogP contribution in [0.3, 0.4) is 0 Å². The maximum atomic E-state index is 13.1. The highest BCUT2D eigenvalue weighted by molar-refractivity contribution is 7.86. The summed E-state index contributed by atoms with van der Waals surface area (Å²) in [5.41, 5.74) is 3.65. The molecule has 0 unspecified atom stereocenters. The third kappa shape index (κ3) is 4.83. The van der Waals surface area contributed by atoms with E-state index >= 15 is 0 Å². The second-order valence-corrected chi connectivity index (χ2v) is 10.2. The number of halogens is 1. The number of aryl methyl sites for hydroxylation is 1. The summed E-state index contributed by atoms with van der Waals surface area (Å²) in [6.45, 7) is 9.19. The molecule has 29 heavy (non-hydrogen) atoms. The topological polar surface area (TPSA) is 67.7 Å². The van der Waals surface area contributed by atoms with Crippen LogP contribution in [-0.4, -0.2) is 59.2 Å². The molecule has 1 aromatic carbocycles. The van der Waals surface area contributed by atoms with Gasteiger partial charge in [-0.3, -0.25) is 4.68 Å². The second kappa shape index (κ2) is 8.73. The van der Waals surface area contributed by atoms with Crippen molar-refractivity contribution in [2.45, 2.75) is 53.0 Å². The Morgan fingerprint density at radius 2 is 1.83 bits per heavy atom. The Morgan fingerprint density at radius 3 is 2.45 bits per heavy atom. The summed E-state index contributed by atoms with van der Waals surface area (Å²) in [5, 5.41) is 5.31. The van der Waals surface area contributed by atoms with Crippen LogP contribution in [0, 0.1) is 13.8 Å². The first-order valence-electron chi connectivity index (χ1n) is 9.72. The summed E-state index contributed by atoms with van der Waals surface area (Å²) in [5.74, 6) is 0. The lowest BCUT2D eigenvalue weighted by Crippen LogP contribution is -2.52. The molecule has 2 atom stereocenters. The van der Waals surface area contributed by atoms with Gasteiger partial charge in [0.05, 0.1) is 24.4 Å². The number of aromatic nitrogens is 2. The molecule has 0 aliphatic carbocycles. The summed E-state index contributed by atoms with van der Waals surface area (Å²) in [6, 6.07) is 7.66. The third-order valence-corrected chi connectivity index (χ3v) is 7.53. The van der Waals surface area contributed by atoms with E-state index in [1.807, 2.05) is 56.6 Å². The molecule has 0 amide bonds. The van der Waals surface area contributed by atoms with Crippen LogP contribution in [0.15, 0.2) is 24.3 Å². The van der Waals surface area contributed by atoms with Crippen molar-refractivity contribution in [1.29, 1.82) is 0 Å². The Morgan fingerprint density at radius 1 is 1.21 bits per heavy atom. The zero-order valence-electron chi connectivity index (χ0n) is 17.6. The number of morpholine rings is 1. The minimum atomic E-state index is -3.59. The van der Waals surface area contributed by atoms with Crippen LogP contribution in [0.4, 0.5) is 0 Å². The maximum Gasteiger partial charge on any atom is 0.282 e. The molecule has 1 fully saturated rings. The number of hydrogen-bond acceptors (Lipinski definition) is 4. The molecule has 1 saturated heterocycles. The van der Waals surface area contributed by atoms with Gasteiger partial charge in [0.2, 0.25) is 0 Å². The lowest BCUT2D eigenvalue weighted by atomic mass is 10.2. The van der Waals surface area contributed by atoms with Gasteiger partial charge in [-0.15, -0.1) is 0 Å². The molecule has 2 heterocycles. The summed E-state index contributed by atoms with van der Waals surface area (Å²) < 4.78 is 36.6. The van der Waals surface area contributed by atoms with Crippen LogP contribution in [-0.2, 0) is 28.0 Å². The highest BCUT2D eigenvalue weighted by atomic mass is 35.5. The van der Waals surface area contributed by atoms with Gasteiger partial charge in [-0.2, -0.15) is 22.1 Å². The maximum absolute atomic E-state index is 13.1. The van der Waals surface area contributed by atoms with Gasteiger partial charge in [-0.05, 0) is 39.3 Å². The average Bonchev–Trinajstić information content (AvgIpc) is 2.90. The molecule has 0 radical (unpaired) electrons. The summed E-state index contributed by atoms with van der Waals surface area (Å²) in [4.78, 5) is 0. The molecule has 1 aliphatic rings. The third-order valence-electron chi connectivity index (χ3n) is 5.30. The molecule has 0 spiro atoms. The standard InChI is InChI=1S/C20H29ClN4O3S/c1-14-10-24(11-15(2)28-14)29(26,27)23(5)13-19-16(3)22-25(17(19)4)12-18-8-6-7-9-20(18)21/h6-9,14-15H,10-13H2,1-5H3/t14-,15-/m1/s1. The zero-order valence-corrected chi connectivity index (χ0v) is 19.2. The van der Waals surface area contributed by atoms with Gasteiger partial charge < -0.3 is 4.74 Å². The van der Waals surface area contributed by atoms with Gasteiger partial charge in [0.25, 0.3) is 10.2 Å². The van der Waals surface area contributed by atoms with Crippen molar-refractivity contribution in [2.24, 2.45) is 0 Å². The summed E-state index contributed by atoms with van der Waals surface area (Å²) in [7, 11) is -1.97. The minimum Gasteiger partial charge on any atom is -0.373 e. The van der Waals surface area contributed by atoms with Crippen molar-refractivity contribution in [1.82, 2.24) is 18.4 Å². The first-order valence-corrected chi connectivity index (χ1v) is 11.5. The van der Waals surface area contributed by atoms with Gasteiger partial charge in [-0.1, -0.05) is 29.8 Å². The molecule has 3 rings (SSSR count). The molecule has 160 valence electrons. The fourth-order valence-electron chi connectivity index (χ4n) is 3.73. The first-order chi connectivity index (χ1) is 13.6. The Hall–Kier alpha value is -1.45. The van der Waals surface area contributed by atoms with E-state index in [9.17, 15) is 8.42 Å². The predicted molar refractivity (Wildman–Crippen MR) is 114 cm³/mol. The quantitative estimate of drug-likeness (QED) is 0.692. The van der Waals surface area contributed by atoms with Crippen LogP contribution in [0.25, 0.3) is 0 Å². The molecule has 7 nitrogen and oxygen atoms in total. The monoisotopic (exact) mass is 440 g/mol. The SMILES string of the molecule is Cc1nn(Cc2ccccc2Cl)c(C)c1CN(C)S(=O)(=O)N1C[C@@H](C)O[C@H](C)C1. The predicted octanol–water partition coefficient (Wildman–Crippen LogP) is 2.99. The smallest absolute Gasteiger partial charge is 0.282 e. The zero-order chi connectivity index (χ0) is 21.3. The Balaban J connectivity index is 1.79. The number of ether oxygens (including phenoxy) is 1. The van der Waals surface area contributed by atoms with Crippen molar-refractivity contribution in [3.8, 4) is 0 Å². The van der Waals surface area contributed by atoms with Crippen LogP contribution in [0.2, 0.25) is 5.02 Å². The highest BCUT2D eigenvalue weighted by Gasteiger charge is 2.34. The Labute approximate surface area is 178 Å². The molecular formula is C20H29ClN4O3S. The molecule has 0 N–H and O–H groups in total. The molecule has 9 heteroatoms. The van der Waals surface area contributed by atoms with Gasteiger partial charge in [0.1, 0.15) is 0 Å². The molecule has 2 aromatic rings. The van der Waals surface area contributed by atoms with E-state index in [0.717, 1.165) is 22.5 Å². The van der Waals surface area contributed by atoms with E-state index in [-0.39, 0.29) is 18.8 Å². The summed E-state index contributed by atoms with van der Waals surface area (Å²) in [6.07, 6.45) is -0.243. The van der Waals surface area contributed by atoms with Crippen LogP contribution in [0.1, 0.15) is 36.4 Å². The van der Waals surface area contributed by atoms with Gasteiger partial charge >= 0.3 is 0 Å². The highest BCUT2D eigenvalue weighted by Crippen LogP contribution is 2.23. The fraction of sp³-hybridized carbons (Fsp3) is 0.550. The number of hydrogen-bond donors (Lipinski definition) is 0. The van der Waals surface area contributed by atoms with Crippen LogP contribution >= 0.6 is 11.6 Å². The van der Waals surface area contributed by atoms with Crippen molar-refractivity contribution in [2.75, 3.05) is 20.1 Å². The fourth-order valence-corrected chi connectivity index (χ4v) is 5.40. The van der Waals surface area contributed by atoms with E-state index in [2.05, 4.69) is 5.10 Å². The number of rotatable bonds is 6. The molecule has 1 aliphatic heterocycles. The molecule has 0 saturated carbocycles. The van der Waals surface area contributed by atoms with E-state index < -0.39 is 10.2 Å². The van der Waals surface area contributed by atoms with Crippen molar-refractivity contribution in [3.05, 3.63) is 51.8 Å². The lowest BCUT2D eigenvalue weighted by molar-refractivity contribution is -0.0453. The Bertz CT molecular complexity index is 966. The largest absolute Gasteiger partial charge is 0.373 e. The average molecular weight is 441 g/mol. The van der Waals surface area contributed by atoms with E-state index in [0.29, 0.717) is 24.7 Å². The van der Waals surface area contributed by atoms with Crippen LogP contribution in [0.5, 0.6) is 0 Å². The van der Waals surface area contributed by atoms with Crippen molar-refractivity contribution in [3.63, 3.8) is 0 Å². The van der Waals surface area contributed by atoms with Crippen molar-refractivity contribution < 1.29 is 13.2 Å². The minimum absolute atomic E-state index is 0.122. The van der Waals surface area contributed by atoms with Gasteiger partial charge in [0.15, 0.2) is 0 Å². The summed E-state index contributed by atoms with van der Waals surface area (Å²) >= 11 is 6.28. The number of nitrogens with zero attached hydrogens (tertiary/aromatic N) is 4. The van der Waals surface area contributed by atoms with E-state index in [4.69, 9.17) is 16.3 Å².